The first-order valence-corrected chi connectivity index (χ1v) is 5.71. The number of halogens is 1. The summed E-state index contributed by atoms with van der Waals surface area (Å²) in [6.07, 6.45) is 0. The number of nitrogens with one attached hydrogen (secondary N) is 1. The van der Waals surface area contributed by atoms with E-state index in [1.807, 2.05) is 10.9 Å². The third-order valence-electron chi connectivity index (χ3n) is 2.51. The Morgan fingerprint density at radius 1 is 0.833 bits per heavy atom. The first kappa shape index (κ1) is 12.3. The summed E-state index contributed by atoms with van der Waals surface area (Å²) in [4.78, 5) is 25.5. The lowest BCUT2D eigenvalue weighted by Crippen LogP contribution is -2.13. The molecule has 0 aliphatic carbocycles. The molecule has 2 rings (SSSR count). The first-order valence-electron chi connectivity index (χ1n) is 5.33. The molecule has 0 fully saturated rings. The number of ketones is 1. The van der Waals surface area contributed by atoms with Gasteiger partial charge >= 0.3 is 0 Å². The van der Waals surface area contributed by atoms with Crippen LogP contribution in [-0.2, 0) is 0 Å². The molecule has 0 aromatic heterocycles. The molecular formula is C14H10ClNO2. The van der Waals surface area contributed by atoms with Crippen molar-refractivity contribution in [3.8, 4) is 0 Å². The number of hydrogen-bond donors (Lipinski definition) is 1. The van der Waals surface area contributed by atoms with Gasteiger partial charge in [-0.25, -0.2) is 0 Å². The molecule has 0 heterocycles. The summed E-state index contributed by atoms with van der Waals surface area (Å²) in [5.41, 5.74) is 1.40. The van der Waals surface area contributed by atoms with Crippen LogP contribution in [-0.4, -0.2) is 11.7 Å². The summed E-state index contributed by atoms with van der Waals surface area (Å²) in [6.45, 7) is 0. The number of carbonyl (C=O) groups excluding carboxylic acids is 2. The molecule has 0 aliphatic rings. The van der Waals surface area contributed by atoms with Gasteiger partial charge in [0.15, 0.2) is 5.78 Å². The Bertz CT molecular complexity index is 581. The van der Waals surface area contributed by atoms with Crippen molar-refractivity contribution in [3.05, 3.63) is 71.3 Å². The van der Waals surface area contributed by atoms with Crippen LogP contribution in [0.2, 0.25) is 0 Å². The number of amides is 1. The van der Waals surface area contributed by atoms with Crippen molar-refractivity contribution in [1.82, 2.24) is 4.84 Å². The van der Waals surface area contributed by atoms with Gasteiger partial charge in [-0.3, -0.25) is 14.4 Å². The van der Waals surface area contributed by atoms with Crippen LogP contribution >= 0.6 is 11.8 Å². The summed E-state index contributed by atoms with van der Waals surface area (Å²) in [5, 5.41) is 0. The third-order valence-corrected chi connectivity index (χ3v) is 2.68. The van der Waals surface area contributed by atoms with E-state index in [2.05, 4.69) is 0 Å². The smallest absolute Gasteiger partial charge is 0.265 e. The molecule has 0 saturated heterocycles. The van der Waals surface area contributed by atoms with Crippen LogP contribution in [0.3, 0.4) is 0 Å². The van der Waals surface area contributed by atoms with Gasteiger partial charge in [0.25, 0.3) is 5.91 Å². The molecule has 2 aromatic rings. The Hall–Kier alpha value is -2.13. The van der Waals surface area contributed by atoms with Crippen molar-refractivity contribution >= 4 is 23.5 Å². The number of benzene rings is 2. The Labute approximate surface area is 110 Å². The lowest BCUT2D eigenvalue weighted by molar-refractivity contribution is 0.0982. The maximum atomic E-state index is 12.1. The van der Waals surface area contributed by atoms with Crippen molar-refractivity contribution in [2.45, 2.75) is 0 Å². The highest BCUT2D eigenvalue weighted by atomic mass is 35.5. The molecular weight excluding hydrogens is 250 g/mol. The molecule has 4 heteroatoms. The van der Waals surface area contributed by atoms with Crippen LogP contribution in [0, 0.1) is 0 Å². The minimum absolute atomic E-state index is 0.125. The minimum Gasteiger partial charge on any atom is -0.289 e. The van der Waals surface area contributed by atoms with E-state index in [-0.39, 0.29) is 5.78 Å². The second kappa shape index (κ2) is 5.47. The van der Waals surface area contributed by atoms with E-state index in [9.17, 15) is 9.59 Å². The van der Waals surface area contributed by atoms with Crippen LogP contribution < -0.4 is 4.84 Å². The van der Waals surface area contributed by atoms with Gasteiger partial charge in [-0.05, 0) is 12.1 Å². The standard InChI is InChI=1S/C14H10ClNO2/c15-16-14(18)12-8-4-7-11(9-12)13(17)10-5-2-1-3-6-10/h1-9H,(H,16,18). The predicted molar refractivity (Wildman–Crippen MR) is 69.6 cm³/mol. The van der Waals surface area contributed by atoms with Crippen LogP contribution in [0.5, 0.6) is 0 Å². The molecule has 1 N–H and O–H groups in total. The molecule has 0 unspecified atom stereocenters. The molecule has 0 radical (unpaired) electrons. The molecule has 0 bridgehead atoms. The zero-order valence-corrected chi connectivity index (χ0v) is 10.1. The fourth-order valence-electron chi connectivity index (χ4n) is 1.61. The maximum Gasteiger partial charge on any atom is 0.265 e. The van der Waals surface area contributed by atoms with Crippen LogP contribution in [0.4, 0.5) is 0 Å². The second-order valence-corrected chi connectivity index (χ2v) is 3.89. The lowest BCUT2D eigenvalue weighted by Gasteiger charge is -2.03. The normalized spacial score (nSPS) is 9.83. The van der Waals surface area contributed by atoms with E-state index in [1.54, 1.807) is 42.5 Å². The second-order valence-electron chi connectivity index (χ2n) is 3.70. The van der Waals surface area contributed by atoms with Gasteiger partial charge in [0, 0.05) is 28.5 Å². The molecule has 18 heavy (non-hydrogen) atoms. The highest BCUT2D eigenvalue weighted by molar-refractivity contribution is 6.24. The highest BCUT2D eigenvalue weighted by Gasteiger charge is 2.11. The first-order chi connectivity index (χ1) is 8.72. The fraction of sp³-hybridized carbons (Fsp3) is 0. The Balaban J connectivity index is 2.35. The van der Waals surface area contributed by atoms with E-state index in [4.69, 9.17) is 11.8 Å². The van der Waals surface area contributed by atoms with Crippen molar-refractivity contribution < 1.29 is 9.59 Å². The topological polar surface area (TPSA) is 46.2 Å². The van der Waals surface area contributed by atoms with Gasteiger partial charge in [0.1, 0.15) is 0 Å². The van der Waals surface area contributed by atoms with Crippen LogP contribution in [0.15, 0.2) is 54.6 Å². The van der Waals surface area contributed by atoms with E-state index >= 15 is 0 Å². The molecule has 2 aromatic carbocycles. The Morgan fingerprint density at radius 3 is 2.11 bits per heavy atom. The SMILES string of the molecule is O=C(NCl)c1cccc(C(=O)c2ccccc2)c1. The summed E-state index contributed by atoms with van der Waals surface area (Å²) in [5.74, 6) is -0.556. The summed E-state index contributed by atoms with van der Waals surface area (Å²) in [6, 6.07) is 15.3. The van der Waals surface area contributed by atoms with E-state index in [0.717, 1.165) is 0 Å². The quantitative estimate of drug-likeness (QED) is 0.681. The van der Waals surface area contributed by atoms with E-state index in [1.165, 1.54) is 6.07 Å². The largest absolute Gasteiger partial charge is 0.289 e. The molecule has 3 nitrogen and oxygen atoms in total. The van der Waals surface area contributed by atoms with Crippen LogP contribution in [0.1, 0.15) is 26.3 Å². The molecule has 1 amide bonds. The predicted octanol–water partition coefficient (Wildman–Crippen LogP) is 2.80. The van der Waals surface area contributed by atoms with Crippen molar-refractivity contribution in [3.63, 3.8) is 0 Å². The number of rotatable bonds is 3. The van der Waals surface area contributed by atoms with Crippen molar-refractivity contribution in [2.75, 3.05) is 0 Å². The molecule has 0 spiro atoms. The van der Waals surface area contributed by atoms with Crippen LogP contribution in [0.25, 0.3) is 0 Å². The van der Waals surface area contributed by atoms with Crippen molar-refractivity contribution in [2.24, 2.45) is 0 Å². The van der Waals surface area contributed by atoms with E-state index < -0.39 is 5.91 Å². The Morgan fingerprint density at radius 2 is 1.44 bits per heavy atom. The van der Waals surface area contributed by atoms with Crippen molar-refractivity contribution in [1.29, 1.82) is 0 Å². The lowest BCUT2D eigenvalue weighted by atomic mass is 10.0. The van der Waals surface area contributed by atoms with Gasteiger partial charge in [-0.15, -0.1) is 0 Å². The third kappa shape index (κ3) is 2.57. The van der Waals surface area contributed by atoms with Gasteiger partial charge < -0.3 is 0 Å². The fourth-order valence-corrected chi connectivity index (χ4v) is 1.72. The monoisotopic (exact) mass is 259 g/mol. The number of hydrogen-bond acceptors (Lipinski definition) is 2. The molecule has 0 aliphatic heterocycles. The van der Waals surface area contributed by atoms with Gasteiger partial charge in [0.05, 0.1) is 0 Å². The molecule has 0 saturated carbocycles. The minimum atomic E-state index is -0.431. The average Bonchev–Trinajstić information content (AvgIpc) is 2.46. The summed E-state index contributed by atoms with van der Waals surface area (Å²) < 4.78 is 0. The molecule has 0 atom stereocenters. The summed E-state index contributed by atoms with van der Waals surface area (Å²) in [7, 11) is 0. The zero-order chi connectivity index (χ0) is 13.0. The zero-order valence-electron chi connectivity index (χ0n) is 9.39. The highest BCUT2D eigenvalue weighted by Crippen LogP contribution is 2.11. The Kier molecular flexibility index (Phi) is 3.75. The van der Waals surface area contributed by atoms with E-state index in [0.29, 0.717) is 16.7 Å². The number of carbonyl (C=O) groups is 2. The maximum absolute atomic E-state index is 12.1. The van der Waals surface area contributed by atoms with Gasteiger partial charge in [-0.1, -0.05) is 42.5 Å². The average molecular weight is 260 g/mol. The molecule has 90 valence electrons. The summed E-state index contributed by atoms with van der Waals surface area (Å²) >= 11 is 5.25. The van der Waals surface area contributed by atoms with Gasteiger partial charge in [0.2, 0.25) is 0 Å². The van der Waals surface area contributed by atoms with Gasteiger partial charge in [-0.2, -0.15) is 0 Å².